The summed E-state index contributed by atoms with van der Waals surface area (Å²) in [4.78, 5) is 0. The van der Waals surface area contributed by atoms with Gasteiger partial charge >= 0.3 is 10.2 Å². The van der Waals surface area contributed by atoms with Crippen molar-refractivity contribution >= 4 is 26.7 Å². The van der Waals surface area contributed by atoms with Crippen LogP contribution >= 0.6 is 11.3 Å². The van der Waals surface area contributed by atoms with E-state index in [9.17, 15) is 8.42 Å². The van der Waals surface area contributed by atoms with Gasteiger partial charge < -0.3 is 5.32 Å². The maximum Gasteiger partial charge on any atom is 0.303 e. The molecule has 9 heteroatoms. The second-order valence-electron chi connectivity index (χ2n) is 4.87. The first-order chi connectivity index (χ1) is 9.51. The van der Waals surface area contributed by atoms with Crippen LogP contribution in [0.25, 0.3) is 0 Å². The normalized spacial score (nSPS) is 15.8. The first-order valence-electron chi connectivity index (χ1n) is 6.81. The Morgan fingerprint density at radius 3 is 2.75 bits per heavy atom. The lowest BCUT2D eigenvalue weighted by molar-refractivity contribution is 0.457. The molecule has 1 aromatic rings. The van der Waals surface area contributed by atoms with E-state index in [1.54, 1.807) is 7.05 Å². The summed E-state index contributed by atoms with van der Waals surface area (Å²) < 4.78 is 27.9. The van der Waals surface area contributed by atoms with E-state index < -0.39 is 10.2 Å². The summed E-state index contributed by atoms with van der Waals surface area (Å²) >= 11 is 1.27. The van der Waals surface area contributed by atoms with Crippen molar-refractivity contribution in [3.8, 4) is 0 Å². The second-order valence-corrected chi connectivity index (χ2v) is 7.70. The molecule has 1 saturated carbocycles. The van der Waals surface area contributed by atoms with Crippen molar-refractivity contribution in [3.05, 3.63) is 5.01 Å². The van der Waals surface area contributed by atoms with Gasteiger partial charge in [0.15, 0.2) is 0 Å². The summed E-state index contributed by atoms with van der Waals surface area (Å²) in [5.74, 6) is 0. The zero-order valence-electron chi connectivity index (χ0n) is 11.8. The van der Waals surface area contributed by atoms with E-state index in [0.717, 1.165) is 24.4 Å². The highest BCUT2D eigenvalue weighted by molar-refractivity contribution is 7.90. The Labute approximate surface area is 124 Å². The van der Waals surface area contributed by atoms with Gasteiger partial charge in [-0.1, -0.05) is 18.3 Å². The standard InChI is InChI=1S/C11H21N5O2S2/c1-3-10-13-14-11(19-10)15-20(17,18)16(2)8-4-7-12-9-5-6-9/h9,12H,3-8H2,1-2H3,(H,14,15). The highest BCUT2D eigenvalue weighted by Crippen LogP contribution is 2.19. The summed E-state index contributed by atoms with van der Waals surface area (Å²) in [5, 5.41) is 12.2. The fourth-order valence-electron chi connectivity index (χ4n) is 1.64. The average Bonchev–Trinajstić information content (AvgIpc) is 3.13. The third-order valence-electron chi connectivity index (χ3n) is 3.06. The number of hydrogen-bond acceptors (Lipinski definition) is 6. The predicted octanol–water partition coefficient (Wildman–Crippen LogP) is 0.831. The van der Waals surface area contributed by atoms with Crippen LogP contribution in [-0.2, 0) is 16.6 Å². The molecule has 0 saturated heterocycles. The van der Waals surface area contributed by atoms with E-state index in [1.165, 1.54) is 28.5 Å². The zero-order valence-corrected chi connectivity index (χ0v) is 13.4. The van der Waals surface area contributed by atoms with E-state index in [0.29, 0.717) is 17.7 Å². The number of nitrogens with one attached hydrogen (secondary N) is 2. The van der Waals surface area contributed by atoms with Crippen molar-refractivity contribution in [3.63, 3.8) is 0 Å². The zero-order chi connectivity index (χ0) is 14.6. The Morgan fingerprint density at radius 1 is 1.40 bits per heavy atom. The second kappa shape index (κ2) is 6.79. The van der Waals surface area contributed by atoms with Gasteiger partial charge in [0, 0.05) is 19.6 Å². The number of aromatic nitrogens is 2. The Kier molecular flexibility index (Phi) is 5.30. The molecule has 1 aliphatic rings. The SMILES string of the molecule is CCc1nnc(NS(=O)(=O)N(C)CCCNC2CC2)s1. The molecule has 114 valence electrons. The van der Waals surface area contributed by atoms with Crippen molar-refractivity contribution in [1.82, 2.24) is 19.8 Å². The average molecular weight is 319 g/mol. The Morgan fingerprint density at radius 2 is 2.15 bits per heavy atom. The van der Waals surface area contributed by atoms with Gasteiger partial charge in [-0.3, -0.25) is 0 Å². The lowest BCUT2D eigenvalue weighted by Gasteiger charge is -2.16. The lowest BCUT2D eigenvalue weighted by Crippen LogP contribution is -2.34. The maximum absolute atomic E-state index is 12.1. The highest BCUT2D eigenvalue weighted by Gasteiger charge is 2.21. The van der Waals surface area contributed by atoms with Crippen LogP contribution in [-0.4, -0.2) is 49.1 Å². The summed E-state index contributed by atoms with van der Waals surface area (Å²) in [7, 11) is -1.96. The summed E-state index contributed by atoms with van der Waals surface area (Å²) in [6, 6.07) is 0.656. The van der Waals surface area contributed by atoms with E-state index in [2.05, 4.69) is 20.2 Å². The molecule has 0 amide bonds. The maximum atomic E-state index is 12.1. The van der Waals surface area contributed by atoms with Gasteiger partial charge in [-0.25, -0.2) is 4.72 Å². The molecule has 2 N–H and O–H groups in total. The molecule has 2 rings (SSSR count). The van der Waals surface area contributed by atoms with Crippen molar-refractivity contribution < 1.29 is 8.42 Å². The fraction of sp³-hybridized carbons (Fsp3) is 0.818. The molecule has 20 heavy (non-hydrogen) atoms. The minimum absolute atomic E-state index is 0.324. The molecule has 0 atom stereocenters. The van der Waals surface area contributed by atoms with Crippen LogP contribution < -0.4 is 10.0 Å². The van der Waals surface area contributed by atoms with Gasteiger partial charge in [-0.2, -0.15) is 12.7 Å². The number of rotatable bonds is 9. The summed E-state index contributed by atoms with van der Waals surface area (Å²) in [6.45, 7) is 3.29. The molecule has 0 bridgehead atoms. The van der Waals surface area contributed by atoms with Crippen LogP contribution in [0.4, 0.5) is 5.13 Å². The molecular weight excluding hydrogens is 298 g/mol. The quantitative estimate of drug-likeness (QED) is 0.658. The first kappa shape index (κ1) is 15.6. The van der Waals surface area contributed by atoms with Crippen LogP contribution in [0.15, 0.2) is 0 Å². The Balaban J connectivity index is 1.78. The fourth-order valence-corrected chi connectivity index (χ4v) is 3.44. The first-order valence-corrected chi connectivity index (χ1v) is 9.06. The minimum Gasteiger partial charge on any atom is -0.314 e. The van der Waals surface area contributed by atoms with Gasteiger partial charge in [0.2, 0.25) is 5.13 Å². The number of anilines is 1. The largest absolute Gasteiger partial charge is 0.314 e. The number of aryl methyl sites for hydroxylation is 1. The molecule has 1 heterocycles. The molecule has 0 radical (unpaired) electrons. The lowest BCUT2D eigenvalue weighted by atomic mass is 10.4. The molecular formula is C11H21N5O2S2. The van der Waals surface area contributed by atoms with E-state index in [-0.39, 0.29) is 0 Å². The van der Waals surface area contributed by atoms with Gasteiger partial charge in [-0.15, -0.1) is 10.2 Å². The van der Waals surface area contributed by atoms with Crippen LogP contribution in [0.5, 0.6) is 0 Å². The smallest absolute Gasteiger partial charge is 0.303 e. The third kappa shape index (κ3) is 4.65. The molecule has 7 nitrogen and oxygen atoms in total. The molecule has 0 unspecified atom stereocenters. The van der Waals surface area contributed by atoms with Gasteiger partial charge in [0.1, 0.15) is 5.01 Å². The summed E-state index contributed by atoms with van der Waals surface area (Å²) in [6.07, 6.45) is 4.03. The number of hydrogen-bond donors (Lipinski definition) is 2. The summed E-state index contributed by atoms with van der Waals surface area (Å²) in [5.41, 5.74) is 0. The van der Waals surface area contributed by atoms with E-state index >= 15 is 0 Å². The third-order valence-corrected chi connectivity index (χ3v) is 5.62. The van der Waals surface area contributed by atoms with Crippen LogP contribution in [0.3, 0.4) is 0 Å². The monoisotopic (exact) mass is 319 g/mol. The van der Waals surface area contributed by atoms with Gasteiger partial charge in [0.25, 0.3) is 0 Å². The van der Waals surface area contributed by atoms with Crippen LogP contribution in [0.1, 0.15) is 31.2 Å². The van der Waals surface area contributed by atoms with E-state index in [1.807, 2.05) is 6.92 Å². The Bertz CT molecular complexity index is 527. The topological polar surface area (TPSA) is 87.2 Å². The molecule has 1 aliphatic carbocycles. The molecule has 0 aliphatic heterocycles. The Hall–Kier alpha value is -0.770. The minimum atomic E-state index is -3.53. The van der Waals surface area contributed by atoms with E-state index in [4.69, 9.17) is 0 Å². The molecule has 1 aromatic heterocycles. The van der Waals surface area contributed by atoms with Crippen LogP contribution in [0.2, 0.25) is 0 Å². The number of nitrogens with zero attached hydrogens (tertiary/aromatic N) is 3. The molecule has 0 aromatic carbocycles. The predicted molar refractivity (Wildman–Crippen MR) is 80.1 cm³/mol. The van der Waals surface area contributed by atoms with Crippen molar-refractivity contribution in [1.29, 1.82) is 0 Å². The van der Waals surface area contributed by atoms with Crippen molar-refractivity contribution in [2.45, 2.75) is 38.6 Å². The highest BCUT2D eigenvalue weighted by atomic mass is 32.2. The van der Waals surface area contributed by atoms with Gasteiger partial charge in [0.05, 0.1) is 0 Å². The molecule has 0 spiro atoms. The van der Waals surface area contributed by atoms with Gasteiger partial charge in [-0.05, 0) is 32.2 Å². The molecule has 1 fully saturated rings. The van der Waals surface area contributed by atoms with Crippen molar-refractivity contribution in [2.24, 2.45) is 0 Å². The van der Waals surface area contributed by atoms with Crippen LogP contribution in [0, 0.1) is 0 Å². The van der Waals surface area contributed by atoms with Crippen molar-refractivity contribution in [2.75, 3.05) is 24.9 Å².